The lowest BCUT2D eigenvalue weighted by atomic mass is 10.00. The Morgan fingerprint density at radius 2 is 1.63 bits per heavy atom. The third kappa shape index (κ3) is 4.86. The second kappa shape index (κ2) is 10.3. The van der Waals surface area contributed by atoms with Crippen LogP contribution < -0.4 is 10.6 Å². The lowest BCUT2D eigenvalue weighted by Crippen LogP contribution is -2.45. The molecule has 0 aromatic heterocycles. The summed E-state index contributed by atoms with van der Waals surface area (Å²) in [5, 5.41) is 5.34. The molecule has 8 heteroatoms. The Bertz CT molecular complexity index is 1430. The quantitative estimate of drug-likeness (QED) is 0.408. The number of esters is 1. The SMILES string of the molecule is COC(=O)C(C(C)C)N1Cc2ccc(-c3ccc(NC(=O)Nc4ccc5c(c4)CCC5)c(F)c3)cc2C1=O. The van der Waals surface area contributed by atoms with Gasteiger partial charge >= 0.3 is 12.0 Å². The highest BCUT2D eigenvalue weighted by molar-refractivity contribution is 6.02. The number of halogens is 1. The van der Waals surface area contributed by atoms with E-state index in [4.69, 9.17) is 4.74 Å². The maximum absolute atomic E-state index is 15.0. The van der Waals surface area contributed by atoms with Gasteiger partial charge in [-0.2, -0.15) is 0 Å². The van der Waals surface area contributed by atoms with Crippen LogP contribution >= 0.6 is 0 Å². The van der Waals surface area contributed by atoms with E-state index in [2.05, 4.69) is 10.6 Å². The molecule has 1 unspecified atom stereocenters. The summed E-state index contributed by atoms with van der Waals surface area (Å²) in [6.45, 7) is 4.05. The predicted octanol–water partition coefficient (Wildman–Crippen LogP) is 5.78. The van der Waals surface area contributed by atoms with Gasteiger partial charge in [-0.3, -0.25) is 4.79 Å². The van der Waals surface area contributed by atoms with Crippen LogP contribution in [-0.2, 0) is 28.9 Å². The molecule has 1 aliphatic carbocycles. The van der Waals surface area contributed by atoms with E-state index in [1.807, 2.05) is 44.2 Å². The number of carbonyl (C=O) groups is 3. The van der Waals surface area contributed by atoms with Crippen LogP contribution in [0.1, 0.15) is 47.3 Å². The zero-order valence-corrected chi connectivity index (χ0v) is 21.6. The van der Waals surface area contributed by atoms with Crippen molar-refractivity contribution in [3.8, 4) is 11.1 Å². The summed E-state index contributed by atoms with van der Waals surface area (Å²) < 4.78 is 19.9. The molecule has 2 aliphatic rings. The lowest BCUT2D eigenvalue weighted by Gasteiger charge is -2.28. The first-order valence-electron chi connectivity index (χ1n) is 12.8. The van der Waals surface area contributed by atoms with Gasteiger partial charge in [-0.05, 0) is 83.3 Å². The van der Waals surface area contributed by atoms with Gasteiger partial charge in [0.25, 0.3) is 5.91 Å². The molecule has 7 nitrogen and oxygen atoms in total. The van der Waals surface area contributed by atoms with Gasteiger partial charge in [0.15, 0.2) is 0 Å². The van der Waals surface area contributed by atoms with Crippen LogP contribution in [0, 0.1) is 11.7 Å². The fourth-order valence-corrected chi connectivity index (χ4v) is 5.34. The van der Waals surface area contributed by atoms with Gasteiger partial charge < -0.3 is 20.3 Å². The van der Waals surface area contributed by atoms with Gasteiger partial charge in [-0.15, -0.1) is 0 Å². The van der Waals surface area contributed by atoms with Crippen molar-refractivity contribution in [2.24, 2.45) is 5.92 Å². The number of hydrogen-bond donors (Lipinski definition) is 2. The fraction of sp³-hybridized carbons (Fsp3) is 0.300. The highest BCUT2D eigenvalue weighted by Crippen LogP contribution is 2.32. The number of anilines is 2. The Morgan fingerprint density at radius 3 is 2.37 bits per heavy atom. The molecule has 5 rings (SSSR count). The van der Waals surface area contributed by atoms with Gasteiger partial charge in [0.2, 0.25) is 0 Å². The third-order valence-electron chi connectivity index (χ3n) is 7.26. The van der Waals surface area contributed by atoms with Crippen molar-refractivity contribution < 1.29 is 23.5 Å². The topological polar surface area (TPSA) is 87.7 Å². The molecule has 0 bridgehead atoms. The van der Waals surface area contributed by atoms with E-state index in [9.17, 15) is 18.8 Å². The summed E-state index contributed by atoms with van der Waals surface area (Å²) in [4.78, 5) is 39.5. The predicted molar refractivity (Wildman–Crippen MR) is 143 cm³/mol. The van der Waals surface area contributed by atoms with Crippen molar-refractivity contribution in [2.45, 2.75) is 45.7 Å². The van der Waals surface area contributed by atoms with Crippen molar-refractivity contribution in [1.82, 2.24) is 4.90 Å². The second-order valence-electron chi connectivity index (χ2n) is 10.1. The average molecular weight is 516 g/mol. The van der Waals surface area contributed by atoms with Crippen LogP contribution in [-0.4, -0.2) is 36.0 Å². The molecule has 0 radical (unpaired) electrons. The number of fused-ring (bicyclic) bond motifs is 2. The molecule has 0 saturated carbocycles. The first-order chi connectivity index (χ1) is 18.2. The molecule has 38 heavy (non-hydrogen) atoms. The monoisotopic (exact) mass is 515 g/mol. The Kier molecular flexibility index (Phi) is 6.89. The molecule has 0 saturated heterocycles. The van der Waals surface area contributed by atoms with Crippen molar-refractivity contribution in [3.05, 3.63) is 82.7 Å². The minimum atomic E-state index is -0.686. The van der Waals surface area contributed by atoms with Gasteiger partial charge in [0.05, 0.1) is 12.8 Å². The maximum Gasteiger partial charge on any atom is 0.328 e. The molecular weight excluding hydrogens is 485 g/mol. The molecular formula is C30H30FN3O4. The number of amides is 3. The van der Waals surface area contributed by atoms with Crippen LogP contribution in [0.15, 0.2) is 54.6 Å². The van der Waals surface area contributed by atoms with Crippen molar-refractivity contribution in [3.63, 3.8) is 0 Å². The Hall–Kier alpha value is -4.20. The number of hydrogen-bond acceptors (Lipinski definition) is 4. The zero-order chi connectivity index (χ0) is 27.0. The summed E-state index contributed by atoms with van der Waals surface area (Å²) in [6.07, 6.45) is 3.17. The van der Waals surface area contributed by atoms with Crippen LogP contribution in [0.3, 0.4) is 0 Å². The van der Waals surface area contributed by atoms with Gasteiger partial charge in [-0.1, -0.05) is 38.1 Å². The molecule has 196 valence electrons. The van der Waals surface area contributed by atoms with Crippen LogP contribution in [0.25, 0.3) is 11.1 Å². The number of urea groups is 1. The normalized spacial score (nSPS) is 14.8. The molecule has 1 aliphatic heterocycles. The number of aryl methyl sites for hydroxylation is 2. The number of methoxy groups -OCH3 is 1. The summed E-state index contributed by atoms with van der Waals surface area (Å²) in [6, 6.07) is 14.5. The second-order valence-corrected chi connectivity index (χ2v) is 10.1. The summed E-state index contributed by atoms with van der Waals surface area (Å²) in [7, 11) is 1.31. The Morgan fingerprint density at radius 1 is 0.921 bits per heavy atom. The molecule has 1 atom stereocenters. The first-order valence-corrected chi connectivity index (χ1v) is 12.8. The first kappa shape index (κ1) is 25.4. The standard InChI is InChI=1S/C30H30FN3O4/c1-17(2)27(29(36)38-3)34-16-22-8-7-20(14-24(22)28(34)35)21-10-12-26(25(31)15-21)33-30(37)32-23-11-9-18-5-4-6-19(18)13-23/h7-15,17,27H,4-6,16H2,1-3H3,(H2,32,33,37). The number of ether oxygens (including phenoxy) is 1. The van der Waals surface area contributed by atoms with E-state index in [1.165, 1.54) is 35.3 Å². The largest absolute Gasteiger partial charge is 0.467 e. The average Bonchev–Trinajstić information content (AvgIpc) is 3.49. The Labute approximate surface area is 221 Å². The van der Waals surface area contributed by atoms with E-state index in [0.29, 0.717) is 28.9 Å². The van der Waals surface area contributed by atoms with Crippen molar-refractivity contribution in [1.29, 1.82) is 0 Å². The Balaban J connectivity index is 1.30. The smallest absolute Gasteiger partial charge is 0.328 e. The van der Waals surface area contributed by atoms with E-state index >= 15 is 0 Å². The van der Waals surface area contributed by atoms with Gasteiger partial charge in [0.1, 0.15) is 11.9 Å². The highest BCUT2D eigenvalue weighted by atomic mass is 19.1. The molecule has 2 N–H and O–H groups in total. The number of carbonyl (C=O) groups excluding carboxylic acids is 3. The minimum absolute atomic E-state index is 0.0497. The summed E-state index contributed by atoms with van der Waals surface area (Å²) in [5.74, 6) is -1.42. The molecule has 0 fully saturated rings. The molecule has 1 heterocycles. The number of nitrogens with one attached hydrogen (secondary N) is 2. The molecule has 3 amide bonds. The number of nitrogens with zero attached hydrogens (tertiary/aromatic N) is 1. The van der Waals surface area contributed by atoms with Crippen LogP contribution in [0.4, 0.5) is 20.6 Å². The number of rotatable bonds is 6. The fourth-order valence-electron chi connectivity index (χ4n) is 5.34. The molecule has 0 spiro atoms. The zero-order valence-electron chi connectivity index (χ0n) is 21.6. The summed E-state index contributed by atoms with van der Waals surface area (Å²) >= 11 is 0. The van der Waals surface area contributed by atoms with Crippen molar-refractivity contribution >= 4 is 29.3 Å². The number of benzene rings is 3. The highest BCUT2D eigenvalue weighted by Gasteiger charge is 2.38. The van der Waals surface area contributed by atoms with Crippen LogP contribution in [0.5, 0.6) is 0 Å². The minimum Gasteiger partial charge on any atom is -0.467 e. The van der Waals surface area contributed by atoms with E-state index in [-0.39, 0.29) is 17.5 Å². The van der Waals surface area contributed by atoms with E-state index in [1.54, 1.807) is 12.1 Å². The van der Waals surface area contributed by atoms with Crippen LogP contribution in [0.2, 0.25) is 0 Å². The maximum atomic E-state index is 15.0. The van der Waals surface area contributed by atoms with Crippen molar-refractivity contribution in [2.75, 3.05) is 17.7 Å². The lowest BCUT2D eigenvalue weighted by molar-refractivity contribution is -0.147. The third-order valence-corrected chi connectivity index (χ3v) is 7.26. The van der Waals surface area contributed by atoms with E-state index in [0.717, 1.165) is 24.8 Å². The molecule has 3 aromatic carbocycles. The summed E-state index contributed by atoms with van der Waals surface area (Å²) in [5.41, 5.74) is 5.77. The van der Waals surface area contributed by atoms with Gasteiger partial charge in [-0.25, -0.2) is 14.0 Å². The molecule has 3 aromatic rings. The van der Waals surface area contributed by atoms with Gasteiger partial charge in [0, 0.05) is 17.8 Å². The van der Waals surface area contributed by atoms with E-state index < -0.39 is 23.9 Å².